The van der Waals surface area contributed by atoms with Gasteiger partial charge in [-0.3, -0.25) is 0 Å². The Labute approximate surface area is 167 Å². The molecular formula is C22H48BrOP. The van der Waals surface area contributed by atoms with E-state index in [1.807, 2.05) is 0 Å². The Kier molecular flexibility index (Phi) is 15.4. The second kappa shape index (κ2) is 14.9. The number of hydrogen-bond acceptors (Lipinski definition) is 1. The number of hydrogen-bond donors (Lipinski definition) is 1. The second-order valence-corrected chi connectivity index (χ2v) is 19.3. The van der Waals surface area contributed by atoms with E-state index in [4.69, 9.17) is 0 Å². The summed E-state index contributed by atoms with van der Waals surface area (Å²) in [5, 5.41) is 9.18. The molecule has 1 unspecified atom stereocenters. The molecule has 1 atom stereocenters. The molecule has 154 valence electrons. The molecule has 0 aliphatic carbocycles. The zero-order chi connectivity index (χ0) is 19.0. The van der Waals surface area contributed by atoms with Gasteiger partial charge in [-0.1, -0.05) is 0 Å². The molecule has 0 spiro atoms. The molecule has 1 N–H and O–H groups in total. The van der Waals surface area contributed by atoms with Crippen LogP contribution in [0.15, 0.2) is 0 Å². The van der Waals surface area contributed by atoms with Crippen LogP contribution in [0.2, 0.25) is 0 Å². The Bertz CT molecular complexity index is 284. The first-order valence-electron chi connectivity index (χ1n) is 11.4. The van der Waals surface area contributed by atoms with E-state index in [0.717, 1.165) is 6.42 Å². The summed E-state index contributed by atoms with van der Waals surface area (Å²) in [5.74, 6) is -0.0775. The van der Waals surface area contributed by atoms with Crippen molar-refractivity contribution in [1.29, 1.82) is 0 Å². The summed E-state index contributed by atoms with van der Waals surface area (Å²) in [6, 6.07) is 0. The Hall–Kier alpha value is 0.870. The third-order valence-corrected chi connectivity index (χ3v) is 16.4. The average Bonchev–Trinajstić information content (AvgIpc) is 2.62. The van der Waals surface area contributed by atoms with Gasteiger partial charge in [0.05, 0.1) is 0 Å². The Morgan fingerprint density at radius 1 is 0.600 bits per heavy atom. The van der Waals surface area contributed by atoms with Gasteiger partial charge in [0.25, 0.3) is 0 Å². The van der Waals surface area contributed by atoms with Crippen molar-refractivity contribution >= 4 is 20.8 Å². The van der Waals surface area contributed by atoms with Crippen LogP contribution in [0.4, 0.5) is 0 Å². The van der Waals surface area contributed by atoms with Gasteiger partial charge >= 0.3 is 168 Å². The molecule has 0 aromatic heterocycles. The molecule has 0 aliphatic heterocycles. The molecular weight excluding hydrogens is 391 g/mol. The summed E-state index contributed by atoms with van der Waals surface area (Å²) in [6.07, 6.45) is 21.6. The number of halogens is 1. The molecule has 0 amide bonds. The van der Waals surface area contributed by atoms with E-state index in [9.17, 15) is 5.11 Å². The number of rotatable bonds is 18. The van der Waals surface area contributed by atoms with Crippen molar-refractivity contribution in [2.75, 3.05) is 18.5 Å². The predicted molar refractivity (Wildman–Crippen MR) is 124 cm³/mol. The van der Waals surface area contributed by atoms with E-state index in [-0.39, 0.29) is 5.85 Å². The topological polar surface area (TPSA) is 20.2 Å². The zero-order valence-electron chi connectivity index (χ0n) is 17.9. The van der Waals surface area contributed by atoms with Crippen LogP contribution in [0.5, 0.6) is 0 Å². The van der Waals surface area contributed by atoms with Gasteiger partial charge in [-0.05, 0) is 0 Å². The minimum absolute atomic E-state index is 0.0775. The maximum absolute atomic E-state index is 11.4. The van der Waals surface area contributed by atoms with Gasteiger partial charge in [-0.2, -0.15) is 0 Å². The van der Waals surface area contributed by atoms with Gasteiger partial charge in [0, 0.05) is 0 Å². The summed E-state index contributed by atoms with van der Waals surface area (Å²) in [5.41, 5.74) is 0. The first-order valence-corrected chi connectivity index (χ1v) is 16.3. The van der Waals surface area contributed by atoms with Crippen LogP contribution in [-0.2, 0) is 0 Å². The van der Waals surface area contributed by atoms with Crippen molar-refractivity contribution in [3.8, 4) is 0 Å². The average molecular weight is 440 g/mol. The van der Waals surface area contributed by atoms with Crippen molar-refractivity contribution in [3.63, 3.8) is 0 Å². The standard InChI is InChI=1S/C22H48BrOP/c1-5-9-13-14-15-16-17-18-22(24)25(23,19-10-6-2,20-11-7-3)21-12-8-4/h22,24H,5-21H2,1-4H3. The van der Waals surface area contributed by atoms with Crippen LogP contribution in [0.25, 0.3) is 0 Å². The summed E-state index contributed by atoms with van der Waals surface area (Å²) in [7, 11) is 0. The first-order chi connectivity index (χ1) is 12.0. The Balaban J connectivity index is 4.73. The van der Waals surface area contributed by atoms with E-state index in [1.54, 1.807) is 0 Å². The fraction of sp³-hybridized carbons (Fsp3) is 1.00. The van der Waals surface area contributed by atoms with Crippen LogP contribution in [0, 0.1) is 0 Å². The minimum atomic E-state index is -2.17. The molecule has 0 aromatic rings. The fourth-order valence-electron chi connectivity index (χ4n) is 3.99. The molecule has 0 bridgehead atoms. The van der Waals surface area contributed by atoms with Gasteiger partial charge in [-0.15, -0.1) is 0 Å². The monoisotopic (exact) mass is 438 g/mol. The van der Waals surface area contributed by atoms with E-state index < -0.39 is 5.31 Å². The van der Waals surface area contributed by atoms with E-state index in [1.165, 1.54) is 102 Å². The summed E-state index contributed by atoms with van der Waals surface area (Å²) < 4.78 is 0. The molecule has 0 aliphatic rings. The molecule has 0 radical (unpaired) electrons. The third-order valence-electron chi connectivity index (χ3n) is 5.94. The molecule has 3 heteroatoms. The zero-order valence-corrected chi connectivity index (χ0v) is 20.4. The SMILES string of the molecule is CCCCCCCCCC(O)P(Br)(CCCC)(CCCC)CCCC. The molecule has 0 fully saturated rings. The molecule has 0 aromatic carbocycles. The molecule has 25 heavy (non-hydrogen) atoms. The van der Waals surface area contributed by atoms with Crippen molar-refractivity contribution in [2.45, 2.75) is 123 Å². The van der Waals surface area contributed by atoms with Gasteiger partial charge in [0.15, 0.2) is 0 Å². The van der Waals surface area contributed by atoms with Crippen molar-refractivity contribution in [3.05, 3.63) is 0 Å². The first kappa shape index (κ1) is 25.9. The molecule has 0 saturated carbocycles. The van der Waals surface area contributed by atoms with E-state index in [2.05, 4.69) is 43.2 Å². The fourth-order valence-corrected chi connectivity index (χ4v) is 12.4. The number of unbranched alkanes of at least 4 members (excludes halogenated alkanes) is 9. The second-order valence-electron chi connectivity index (χ2n) is 8.30. The van der Waals surface area contributed by atoms with Crippen LogP contribution < -0.4 is 0 Å². The normalized spacial score (nSPS) is 15.0. The van der Waals surface area contributed by atoms with Gasteiger partial charge in [-0.25, -0.2) is 0 Å². The predicted octanol–water partition coefficient (Wildman–Crippen LogP) is 8.71. The number of aliphatic hydroxyl groups is 1. The molecule has 1 nitrogen and oxygen atoms in total. The van der Waals surface area contributed by atoms with Crippen molar-refractivity contribution < 1.29 is 5.11 Å². The summed E-state index contributed by atoms with van der Waals surface area (Å²) in [6.45, 7) is 9.14. The van der Waals surface area contributed by atoms with Gasteiger partial charge in [0.2, 0.25) is 0 Å². The third kappa shape index (κ3) is 10.1. The number of aliphatic hydroxyl groups excluding tert-OH is 1. The van der Waals surface area contributed by atoms with E-state index in [0.29, 0.717) is 0 Å². The molecule has 0 saturated heterocycles. The molecule has 0 rings (SSSR count). The Morgan fingerprint density at radius 2 is 0.960 bits per heavy atom. The van der Waals surface area contributed by atoms with Gasteiger partial charge in [0.1, 0.15) is 0 Å². The van der Waals surface area contributed by atoms with Crippen LogP contribution in [0.3, 0.4) is 0 Å². The van der Waals surface area contributed by atoms with Crippen LogP contribution >= 0.6 is 20.8 Å². The molecule has 0 heterocycles. The van der Waals surface area contributed by atoms with Crippen molar-refractivity contribution in [1.82, 2.24) is 0 Å². The van der Waals surface area contributed by atoms with E-state index >= 15 is 0 Å². The van der Waals surface area contributed by atoms with Crippen LogP contribution in [0.1, 0.15) is 118 Å². The van der Waals surface area contributed by atoms with Gasteiger partial charge < -0.3 is 0 Å². The summed E-state index contributed by atoms with van der Waals surface area (Å²) >= 11 is 4.35. The summed E-state index contributed by atoms with van der Waals surface area (Å²) in [4.78, 5) is 0. The van der Waals surface area contributed by atoms with Crippen LogP contribution in [-0.4, -0.2) is 29.4 Å². The Morgan fingerprint density at radius 3 is 1.36 bits per heavy atom. The maximum atomic E-state index is 11.4. The van der Waals surface area contributed by atoms with Crippen molar-refractivity contribution in [2.24, 2.45) is 0 Å². The quantitative estimate of drug-likeness (QED) is 0.167.